The summed E-state index contributed by atoms with van der Waals surface area (Å²) < 4.78 is 2.36. The third-order valence-corrected chi connectivity index (χ3v) is 5.42. The lowest BCUT2D eigenvalue weighted by atomic mass is 10.4. The first-order valence-electron chi connectivity index (χ1n) is 9.42. The first kappa shape index (κ1) is 22.0. The molecule has 0 atom stereocenters. The Morgan fingerprint density at radius 3 is 1.60 bits per heavy atom. The highest BCUT2D eigenvalue weighted by molar-refractivity contribution is 7.13. The van der Waals surface area contributed by atoms with E-state index in [2.05, 4.69) is 66.0 Å². The number of anilines is 2. The fraction of sp³-hybridized carbons (Fsp3) is 0.133. The zero-order valence-corrected chi connectivity index (χ0v) is 19.4. The van der Waals surface area contributed by atoms with E-state index in [1.165, 1.54) is 43.1 Å². The summed E-state index contributed by atoms with van der Waals surface area (Å²) in [5.74, 6) is -0.0583. The molecule has 0 radical (unpaired) electrons. The van der Waals surface area contributed by atoms with Gasteiger partial charge in [-0.05, 0) is 13.8 Å². The van der Waals surface area contributed by atoms with E-state index >= 15 is 0 Å². The van der Waals surface area contributed by atoms with Crippen LogP contribution >= 0.6 is 22.7 Å². The highest BCUT2D eigenvalue weighted by Crippen LogP contribution is 2.32. The molecule has 35 heavy (non-hydrogen) atoms. The zero-order chi connectivity index (χ0) is 24.5. The SMILES string of the molecule is Cc1nn(-c2nc(O)nc(-n3nc(C)c(N=Nc4nncs4)c3N)n2)c(N)c1N=Nc1nncs1. The van der Waals surface area contributed by atoms with Gasteiger partial charge in [-0.3, -0.25) is 0 Å². The van der Waals surface area contributed by atoms with Crippen molar-refractivity contribution < 1.29 is 5.11 Å². The summed E-state index contributed by atoms with van der Waals surface area (Å²) in [6, 6.07) is -0.612. The number of nitrogens with two attached hydrogens (primary N) is 2. The molecule has 0 fully saturated rings. The van der Waals surface area contributed by atoms with Crippen molar-refractivity contribution in [2.24, 2.45) is 20.5 Å². The Morgan fingerprint density at radius 1 is 0.743 bits per heavy atom. The predicted octanol–water partition coefficient (Wildman–Crippen LogP) is 2.26. The minimum atomic E-state index is -0.612. The maximum Gasteiger partial charge on any atom is 0.320 e. The molecule has 20 heteroatoms. The molecule has 0 amide bonds. The molecular weight excluding hydrogens is 498 g/mol. The topological polar surface area (TPSA) is 248 Å². The molecule has 18 nitrogen and oxygen atoms in total. The summed E-state index contributed by atoms with van der Waals surface area (Å²) in [4.78, 5) is 12.1. The molecular formula is C15H13N17OS2. The van der Waals surface area contributed by atoms with Crippen LogP contribution in [0, 0.1) is 13.8 Å². The van der Waals surface area contributed by atoms with Gasteiger partial charge in [0.05, 0.1) is 11.4 Å². The second kappa shape index (κ2) is 8.83. The van der Waals surface area contributed by atoms with Crippen molar-refractivity contribution in [3.8, 4) is 17.9 Å². The average molecular weight is 512 g/mol. The lowest BCUT2D eigenvalue weighted by Gasteiger charge is -2.06. The van der Waals surface area contributed by atoms with Gasteiger partial charge in [-0.25, -0.2) is 0 Å². The van der Waals surface area contributed by atoms with Gasteiger partial charge in [0.15, 0.2) is 23.0 Å². The summed E-state index contributed by atoms with van der Waals surface area (Å²) in [7, 11) is 0. The van der Waals surface area contributed by atoms with Gasteiger partial charge in [0.2, 0.25) is 0 Å². The first-order chi connectivity index (χ1) is 16.9. The molecule has 5 heterocycles. The van der Waals surface area contributed by atoms with Crippen LogP contribution < -0.4 is 11.5 Å². The Morgan fingerprint density at radius 2 is 1.20 bits per heavy atom. The second-order valence-corrected chi connectivity index (χ2v) is 8.16. The Hall–Kier alpha value is -4.85. The predicted molar refractivity (Wildman–Crippen MR) is 122 cm³/mol. The van der Waals surface area contributed by atoms with E-state index in [1.54, 1.807) is 13.8 Å². The van der Waals surface area contributed by atoms with E-state index in [4.69, 9.17) is 11.5 Å². The van der Waals surface area contributed by atoms with E-state index in [0.29, 0.717) is 21.7 Å². The van der Waals surface area contributed by atoms with Crippen LogP contribution in [0.1, 0.15) is 11.4 Å². The lowest BCUT2D eigenvalue weighted by Crippen LogP contribution is -2.13. The Bertz CT molecular complexity index is 1440. The molecule has 0 bridgehead atoms. The molecule has 0 aromatic carbocycles. The van der Waals surface area contributed by atoms with Gasteiger partial charge < -0.3 is 16.6 Å². The van der Waals surface area contributed by atoms with E-state index in [9.17, 15) is 5.11 Å². The number of aromatic nitrogens is 11. The van der Waals surface area contributed by atoms with Gasteiger partial charge in [-0.15, -0.1) is 40.9 Å². The third-order valence-electron chi connectivity index (χ3n) is 4.27. The van der Waals surface area contributed by atoms with Crippen molar-refractivity contribution in [3.63, 3.8) is 0 Å². The number of nitrogen functional groups attached to an aromatic ring is 2. The molecule has 0 saturated heterocycles. The van der Waals surface area contributed by atoms with Crippen LogP contribution in [-0.4, -0.2) is 60.0 Å². The Labute approximate surface area is 202 Å². The van der Waals surface area contributed by atoms with Gasteiger partial charge in [-0.2, -0.15) is 34.5 Å². The molecule has 5 rings (SSSR count). The third kappa shape index (κ3) is 4.24. The van der Waals surface area contributed by atoms with Crippen molar-refractivity contribution in [2.45, 2.75) is 13.8 Å². The number of rotatable bonds is 6. The van der Waals surface area contributed by atoms with E-state index in [1.807, 2.05) is 0 Å². The number of hydrogen-bond acceptors (Lipinski definition) is 18. The van der Waals surface area contributed by atoms with Crippen molar-refractivity contribution in [1.29, 1.82) is 0 Å². The quantitative estimate of drug-likeness (QED) is 0.278. The largest absolute Gasteiger partial charge is 0.479 e. The van der Waals surface area contributed by atoms with E-state index in [0.717, 1.165) is 0 Å². The van der Waals surface area contributed by atoms with Crippen molar-refractivity contribution in [3.05, 3.63) is 22.4 Å². The molecule has 0 spiro atoms. The molecule has 0 aliphatic carbocycles. The summed E-state index contributed by atoms with van der Waals surface area (Å²) in [6.07, 6.45) is 0. The van der Waals surface area contributed by atoms with Crippen molar-refractivity contribution >= 4 is 55.9 Å². The van der Waals surface area contributed by atoms with Crippen molar-refractivity contribution in [1.82, 2.24) is 54.9 Å². The minimum Gasteiger partial charge on any atom is -0.479 e. The smallest absolute Gasteiger partial charge is 0.320 e. The number of aromatic hydroxyl groups is 1. The van der Waals surface area contributed by atoms with Crippen LogP contribution in [0.4, 0.5) is 33.3 Å². The standard InChI is InChI=1S/C15H13N17OS2/c1-5-7(23-27-14-25-18-3-34-14)9(16)31(29-5)11-20-12(22-13(33)21-11)32-10(17)8(6(2)30-32)24-28-15-26-19-4-35-15/h3-4H,16-17H2,1-2H3,(H,20,21,22,33). The molecule has 0 aliphatic rings. The second-order valence-electron chi connectivity index (χ2n) is 6.54. The normalized spacial score (nSPS) is 11.8. The average Bonchev–Trinajstić information content (AvgIpc) is 3.62. The summed E-state index contributed by atoms with van der Waals surface area (Å²) in [6.45, 7) is 3.35. The van der Waals surface area contributed by atoms with E-state index < -0.39 is 6.01 Å². The molecule has 176 valence electrons. The molecule has 0 aliphatic heterocycles. The Kier molecular flexibility index (Phi) is 5.54. The highest BCUT2D eigenvalue weighted by atomic mass is 32.1. The summed E-state index contributed by atoms with van der Waals surface area (Å²) in [5, 5.41) is 50.6. The van der Waals surface area contributed by atoms with Gasteiger partial charge in [0.25, 0.3) is 22.2 Å². The maximum atomic E-state index is 10.2. The maximum absolute atomic E-state index is 10.2. The van der Waals surface area contributed by atoms with Gasteiger partial charge in [-0.1, -0.05) is 22.7 Å². The molecule has 0 saturated carbocycles. The molecule has 5 aromatic heterocycles. The number of azo groups is 2. The zero-order valence-electron chi connectivity index (χ0n) is 17.8. The van der Waals surface area contributed by atoms with Crippen LogP contribution in [0.2, 0.25) is 0 Å². The van der Waals surface area contributed by atoms with Crippen LogP contribution in [0.25, 0.3) is 11.9 Å². The van der Waals surface area contributed by atoms with Crippen LogP contribution in [0.5, 0.6) is 6.01 Å². The van der Waals surface area contributed by atoms with Crippen LogP contribution in [0.15, 0.2) is 31.5 Å². The summed E-state index contributed by atoms with van der Waals surface area (Å²) in [5.41, 5.74) is 16.9. The van der Waals surface area contributed by atoms with E-state index in [-0.39, 0.29) is 34.9 Å². The highest BCUT2D eigenvalue weighted by Gasteiger charge is 2.21. The molecule has 5 aromatic rings. The minimum absolute atomic E-state index is 0.0727. The monoisotopic (exact) mass is 511 g/mol. The fourth-order valence-corrected chi connectivity index (χ4v) is 3.51. The fourth-order valence-electron chi connectivity index (χ4n) is 2.77. The van der Waals surface area contributed by atoms with Crippen LogP contribution in [0.3, 0.4) is 0 Å². The molecule has 0 unspecified atom stereocenters. The number of hydrogen-bond donors (Lipinski definition) is 3. The Balaban J connectivity index is 1.52. The lowest BCUT2D eigenvalue weighted by molar-refractivity contribution is 0.423. The number of nitrogens with zero attached hydrogens (tertiary/aromatic N) is 15. The molecule has 5 N–H and O–H groups in total. The first-order valence-corrected chi connectivity index (χ1v) is 11.2. The van der Waals surface area contributed by atoms with Gasteiger partial charge in [0.1, 0.15) is 11.0 Å². The van der Waals surface area contributed by atoms with Crippen LogP contribution in [-0.2, 0) is 0 Å². The number of aryl methyl sites for hydroxylation is 2. The van der Waals surface area contributed by atoms with Gasteiger partial charge >= 0.3 is 6.01 Å². The summed E-state index contributed by atoms with van der Waals surface area (Å²) >= 11 is 2.41. The van der Waals surface area contributed by atoms with Gasteiger partial charge in [0, 0.05) is 0 Å². The van der Waals surface area contributed by atoms with Crippen molar-refractivity contribution in [2.75, 3.05) is 11.5 Å².